The molecule has 0 N–H and O–H groups in total. The lowest BCUT2D eigenvalue weighted by molar-refractivity contribution is 0.660. The van der Waals surface area contributed by atoms with Crippen molar-refractivity contribution in [2.75, 3.05) is 0 Å². The average molecular weight is 758 g/mol. The topological polar surface area (TPSA) is 65.0 Å². The molecule has 5 nitrogen and oxygen atoms in total. The van der Waals surface area contributed by atoms with Crippen LogP contribution in [0.1, 0.15) is 25.0 Å². The smallest absolute Gasteiger partial charge is 0.164 e. The van der Waals surface area contributed by atoms with Gasteiger partial charge in [-0.1, -0.05) is 153 Å². The van der Waals surface area contributed by atoms with Crippen LogP contribution in [0.25, 0.3) is 111 Å². The molecule has 12 rings (SSSR count). The molecule has 0 aliphatic heterocycles. The van der Waals surface area contributed by atoms with Crippen molar-refractivity contribution in [3.63, 3.8) is 0 Å². The fraction of sp³-hybridized carbons (Fsp3) is 0.0556. The summed E-state index contributed by atoms with van der Waals surface area (Å²) in [7, 11) is 0. The zero-order chi connectivity index (χ0) is 39.2. The summed E-state index contributed by atoms with van der Waals surface area (Å²) in [6.07, 6.45) is 0. The number of hydrogen-bond donors (Lipinski definition) is 0. The predicted molar refractivity (Wildman–Crippen MR) is 239 cm³/mol. The van der Waals surface area contributed by atoms with E-state index in [1.807, 2.05) is 36.4 Å². The van der Waals surface area contributed by atoms with Crippen LogP contribution >= 0.6 is 0 Å². The van der Waals surface area contributed by atoms with E-state index in [0.717, 1.165) is 71.7 Å². The predicted octanol–water partition coefficient (Wildman–Crippen LogP) is 14.3. The highest BCUT2D eigenvalue weighted by Gasteiger charge is 2.37. The minimum absolute atomic E-state index is 0.165. The molecule has 0 atom stereocenters. The van der Waals surface area contributed by atoms with Crippen molar-refractivity contribution in [2.24, 2.45) is 0 Å². The first-order valence-electron chi connectivity index (χ1n) is 20.0. The van der Waals surface area contributed by atoms with Gasteiger partial charge in [0.05, 0.1) is 0 Å². The fourth-order valence-corrected chi connectivity index (χ4v) is 9.24. The number of rotatable bonds is 5. The quantitative estimate of drug-likeness (QED) is 0.175. The van der Waals surface area contributed by atoms with Gasteiger partial charge in [-0.2, -0.15) is 0 Å². The first kappa shape index (κ1) is 33.5. The monoisotopic (exact) mass is 757 g/mol. The molecule has 278 valence electrons. The Bertz CT molecular complexity index is 3470. The molecule has 1 aliphatic rings. The van der Waals surface area contributed by atoms with Crippen LogP contribution in [0.4, 0.5) is 0 Å². The Morgan fingerprint density at radius 3 is 1.69 bits per heavy atom. The molecule has 3 aromatic heterocycles. The van der Waals surface area contributed by atoms with E-state index in [-0.39, 0.29) is 5.41 Å². The molecule has 8 aromatic carbocycles. The highest BCUT2D eigenvalue weighted by molar-refractivity contribution is 6.13. The van der Waals surface area contributed by atoms with Gasteiger partial charge in [0, 0.05) is 43.7 Å². The first-order valence-corrected chi connectivity index (χ1v) is 20.0. The summed E-state index contributed by atoms with van der Waals surface area (Å²) in [5.41, 5.74) is 15.3. The van der Waals surface area contributed by atoms with Gasteiger partial charge in [0.2, 0.25) is 0 Å². The number of benzene rings is 8. The molecular weight excluding hydrogens is 723 g/mol. The normalized spacial score (nSPS) is 13.1. The number of para-hydroxylation sites is 1. The van der Waals surface area contributed by atoms with Crippen molar-refractivity contribution in [1.82, 2.24) is 15.0 Å². The minimum atomic E-state index is -0.165. The third kappa shape index (κ3) is 5.21. The highest BCUT2D eigenvalue weighted by Crippen LogP contribution is 2.52. The van der Waals surface area contributed by atoms with Gasteiger partial charge in [0.1, 0.15) is 22.3 Å². The average Bonchev–Trinajstić information content (AvgIpc) is 3.93. The minimum Gasteiger partial charge on any atom is -0.456 e. The Morgan fingerprint density at radius 2 is 0.881 bits per heavy atom. The SMILES string of the molecule is CC1(C)c2ccccc2-c2c(-c3nc(-c4ccc5c(c4)oc4ccccc45)nc(-c4ccc5c(c4)oc4cccc(-c6ccc(-c7ccccc7)cc6)c45)n3)cccc21. The molecule has 5 heteroatoms. The van der Waals surface area contributed by atoms with E-state index in [1.54, 1.807) is 0 Å². The van der Waals surface area contributed by atoms with Crippen molar-refractivity contribution in [1.29, 1.82) is 0 Å². The molecule has 59 heavy (non-hydrogen) atoms. The van der Waals surface area contributed by atoms with E-state index >= 15 is 0 Å². The second-order valence-electron chi connectivity index (χ2n) is 15.9. The van der Waals surface area contributed by atoms with Crippen molar-refractivity contribution in [2.45, 2.75) is 19.3 Å². The Balaban J connectivity index is 1.03. The van der Waals surface area contributed by atoms with Crippen LogP contribution in [-0.4, -0.2) is 15.0 Å². The molecule has 0 bridgehead atoms. The Morgan fingerprint density at radius 1 is 0.356 bits per heavy atom. The van der Waals surface area contributed by atoms with E-state index < -0.39 is 0 Å². The standard InChI is InChI=1S/C54H35N3O2/c1-54(2)43-18-8-6-15-40(43)49-42(17-10-19-44(49)54)53-56-51(35-26-28-39-38-14-7-9-20-45(38)58-47(39)30-35)55-52(57-53)36-27-29-41-48(31-36)59-46-21-11-16-37(50(41)46)34-24-22-33(23-25-34)32-12-4-3-5-13-32/h3-31H,1-2H3. The lowest BCUT2D eigenvalue weighted by atomic mass is 9.82. The van der Waals surface area contributed by atoms with Gasteiger partial charge in [-0.3, -0.25) is 0 Å². The summed E-state index contributed by atoms with van der Waals surface area (Å²) in [6, 6.07) is 61.4. The van der Waals surface area contributed by atoms with Crippen LogP contribution in [0.15, 0.2) is 185 Å². The molecule has 0 amide bonds. The third-order valence-electron chi connectivity index (χ3n) is 12.2. The van der Waals surface area contributed by atoms with E-state index in [1.165, 1.54) is 33.4 Å². The van der Waals surface area contributed by atoms with Crippen LogP contribution in [0.3, 0.4) is 0 Å². The second-order valence-corrected chi connectivity index (χ2v) is 15.9. The molecule has 0 saturated heterocycles. The highest BCUT2D eigenvalue weighted by atomic mass is 16.3. The van der Waals surface area contributed by atoms with Crippen molar-refractivity contribution < 1.29 is 8.83 Å². The maximum atomic E-state index is 6.62. The van der Waals surface area contributed by atoms with Gasteiger partial charge in [0.15, 0.2) is 17.5 Å². The first-order chi connectivity index (χ1) is 29.0. The second kappa shape index (κ2) is 12.7. The summed E-state index contributed by atoms with van der Waals surface area (Å²) in [6.45, 7) is 4.59. The Hall–Kier alpha value is -7.63. The number of aromatic nitrogens is 3. The van der Waals surface area contributed by atoms with Crippen LogP contribution in [0.5, 0.6) is 0 Å². The fourth-order valence-electron chi connectivity index (χ4n) is 9.24. The van der Waals surface area contributed by atoms with Crippen LogP contribution in [-0.2, 0) is 5.41 Å². The zero-order valence-electron chi connectivity index (χ0n) is 32.4. The third-order valence-corrected chi connectivity index (χ3v) is 12.2. The molecule has 1 aliphatic carbocycles. The van der Waals surface area contributed by atoms with Crippen LogP contribution in [0.2, 0.25) is 0 Å². The van der Waals surface area contributed by atoms with E-state index in [0.29, 0.717) is 17.5 Å². The van der Waals surface area contributed by atoms with Crippen molar-refractivity contribution in [3.8, 4) is 67.5 Å². The molecule has 0 saturated carbocycles. The lowest BCUT2D eigenvalue weighted by Gasteiger charge is -2.21. The largest absolute Gasteiger partial charge is 0.456 e. The number of fused-ring (bicyclic) bond motifs is 9. The van der Waals surface area contributed by atoms with Gasteiger partial charge in [0.25, 0.3) is 0 Å². The molecule has 0 spiro atoms. The number of nitrogens with zero attached hydrogens (tertiary/aromatic N) is 3. The number of hydrogen-bond acceptors (Lipinski definition) is 5. The van der Waals surface area contributed by atoms with Gasteiger partial charge < -0.3 is 8.83 Å². The maximum Gasteiger partial charge on any atom is 0.164 e. The van der Waals surface area contributed by atoms with E-state index in [2.05, 4.69) is 153 Å². The van der Waals surface area contributed by atoms with Crippen LogP contribution < -0.4 is 0 Å². The molecular formula is C54H35N3O2. The lowest BCUT2D eigenvalue weighted by Crippen LogP contribution is -2.14. The molecule has 0 fully saturated rings. The van der Waals surface area contributed by atoms with E-state index in [4.69, 9.17) is 23.8 Å². The summed E-state index contributed by atoms with van der Waals surface area (Å²) in [5.74, 6) is 1.75. The maximum absolute atomic E-state index is 6.62. The van der Waals surface area contributed by atoms with Gasteiger partial charge in [-0.15, -0.1) is 0 Å². The Labute approximate surface area is 340 Å². The van der Waals surface area contributed by atoms with Gasteiger partial charge >= 0.3 is 0 Å². The van der Waals surface area contributed by atoms with E-state index in [9.17, 15) is 0 Å². The summed E-state index contributed by atoms with van der Waals surface area (Å²) in [5, 5.41) is 4.26. The Kier molecular flexibility index (Phi) is 7.20. The zero-order valence-corrected chi connectivity index (χ0v) is 32.4. The summed E-state index contributed by atoms with van der Waals surface area (Å²) in [4.78, 5) is 15.7. The van der Waals surface area contributed by atoms with Gasteiger partial charge in [-0.25, -0.2) is 15.0 Å². The van der Waals surface area contributed by atoms with Gasteiger partial charge in [-0.05, 0) is 80.9 Å². The van der Waals surface area contributed by atoms with Crippen LogP contribution in [0, 0.1) is 0 Å². The summed E-state index contributed by atoms with van der Waals surface area (Å²) >= 11 is 0. The van der Waals surface area contributed by atoms with Crippen molar-refractivity contribution in [3.05, 3.63) is 187 Å². The molecule has 0 radical (unpaired) electrons. The molecule has 3 heterocycles. The summed E-state index contributed by atoms with van der Waals surface area (Å²) < 4.78 is 12.9. The van der Waals surface area contributed by atoms with Crippen molar-refractivity contribution >= 4 is 43.9 Å². The molecule has 11 aromatic rings. The molecule has 0 unspecified atom stereocenters. The number of furan rings is 2.